The van der Waals surface area contributed by atoms with Crippen molar-refractivity contribution in [3.63, 3.8) is 0 Å². The first-order valence-corrected chi connectivity index (χ1v) is 10.5. The molecule has 10 heteroatoms. The van der Waals surface area contributed by atoms with Crippen molar-refractivity contribution in [3.8, 4) is 0 Å². The molecule has 1 aromatic carbocycles. The van der Waals surface area contributed by atoms with Gasteiger partial charge < -0.3 is 4.52 Å². The number of nitrogens with one attached hydrogen (secondary N) is 1. The lowest BCUT2D eigenvalue weighted by molar-refractivity contribution is -0.386. The van der Waals surface area contributed by atoms with Crippen LogP contribution in [0.5, 0.6) is 0 Å². The number of sulfonamides is 1. The summed E-state index contributed by atoms with van der Waals surface area (Å²) in [5.74, 6) is 0.00793. The van der Waals surface area contributed by atoms with Gasteiger partial charge in [-0.15, -0.1) is 11.3 Å². The molecule has 3 rings (SSSR count). The zero-order chi connectivity index (χ0) is 20.5. The van der Waals surface area contributed by atoms with Gasteiger partial charge in [0.05, 0.1) is 4.92 Å². The summed E-state index contributed by atoms with van der Waals surface area (Å²) in [6, 6.07) is 8.42. The number of aromatic nitrogens is 1. The van der Waals surface area contributed by atoms with Crippen molar-refractivity contribution in [3.05, 3.63) is 67.9 Å². The Morgan fingerprint density at radius 3 is 2.57 bits per heavy atom. The molecule has 146 valence electrons. The van der Waals surface area contributed by atoms with Crippen molar-refractivity contribution in [2.75, 3.05) is 4.72 Å². The van der Waals surface area contributed by atoms with Gasteiger partial charge in [0.1, 0.15) is 4.21 Å². The quantitative estimate of drug-likeness (QED) is 0.463. The third kappa shape index (κ3) is 4.12. The molecule has 0 amide bonds. The zero-order valence-corrected chi connectivity index (χ0v) is 16.9. The summed E-state index contributed by atoms with van der Waals surface area (Å²) < 4.78 is 32.8. The van der Waals surface area contributed by atoms with E-state index in [1.54, 1.807) is 24.3 Å². The molecule has 0 unspecified atom stereocenters. The first-order valence-electron chi connectivity index (χ1n) is 8.16. The molecule has 0 saturated heterocycles. The van der Waals surface area contributed by atoms with Crippen LogP contribution in [0.4, 0.5) is 11.4 Å². The third-order valence-electron chi connectivity index (χ3n) is 4.06. The highest BCUT2D eigenvalue weighted by Crippen LogP contribution is 2.28. The van der Waals surface area contributed by atoms with E-state index in [-0.39, 0.29) is 21.4 Å². The van der Waals surface area contributed by atoms with Crippen LogP contribution >= 0.6 is 11.3 Å². The monoisotopic (exact) mass is 419 g/mol. The molecule has 8 nitrogen and oxygen atoms in total. The molecule has 0 radical (unpaired) electrons. The molecule has 28 heavy (non-hydrogen) atoms. The maximum atomic E-state index is 12.6. The summed E-state index contributed by atoms with van der Waals surface area (Å²) in [7, 11) is -3.73. The number of nitrogens with zero attached hydrogens (tertiary/aromatic N) is 2. The Balaban J connectivity index is 1.81. The fourth-order valence-electron chi connectivity index (χ4n) is 2.45. The van der Waals surface area contributed by atoms with Crippen molar-refractivity contribution >= 4 is 44.9 Å². The van der Waals surface area contributed by atoms with Gasteiger partial charge in [-0.25, -0.2) is 8.42 Å². The highest BCUT2D eigenvalue weighted by Gasteiger charge is 2.22. The molecule has 0 atom stereocenters. The second-order valence-electron chi connectivity index (χ2n) is 6.13. The molecular formula is C18H17N3O5S2. The van der Waals surface area contributed by atoms with Crippen LogP contribution < -0.4 is 4.72 Å². The number of nitro groups is 1. The van der Waals surface area contributed by atoms with Crippen LogP contribution in [0.1, 0.15) is 27.5 Å². The maximum absolute atomic E-state index is 12.6. The van der Waals surface area contributed by atoms with Gasteiger partial charge >= 0.3 is 5.69 Å². The Kier molecular flexibility index (Phi) is 5.34. The molecule has 0 aliphatic heterocycles. The summed E-state index contributed by atoms with van der Waals surface area (Å²) >= 11 is 1.04. The van der Waals surface area contributed by atoms with Crippen molar-refractivity contribution in [1.82, 2.24) is 5.16 Å². The van der Waals surface area contributed by atoms with E-state index in [0.29, 0.717) is 10.6 Å². The van der Waals surface area contributed by atoms with Gasteiger partial charge in [-0.3, -0.25) is 14.8 Å². The highest BCUT2D eigenvalue weighted by atomic mass is 32.2. The van der Waals surface area contributed by atoms with E-state index < -0.39 is 14.9 Å². The standard InChI is InChI=1S/C18H17N3O5S2/c1-11-4-5-14(10-12(11)2)20-28(24,25)17-9-7-15(27-17)6-8-16-18(21(22)23)13(3)19-26-16/h4-10,20H,1-3H3. The fraction of sp³-hybridized carbons (Fsp3) is 0.167. The smallest absolute Gasteiger partial charge is 0.338 e. The van der Waals surface area contributed by atoms with E-state index in [4.69, 9.17) is 4.52 Å². The molecule has 0 aliphatic rings. The van der Waals surface area contributed by atoms with Crippen LogP contribution in [0.3, 0.4) is 0 Å². The van der Waals surface area contributed by atoms with Crippen LogP contribution in [0.25, 0.3) is 12.2 Å². The SMILES string of the molecule is Cc1ccc(NS(=O)(=O)c2ccc(C=Cc3onc(C)c3[N+](=O)[O-])s2)cc1C. The van der Waals surface area contributed by atoms with E-state index in [2.05, 4.69) is 9.88 Å². The Hall–Kier alpha value is -2.98. The van der Waals surface area contributed by atoms with Crippen molar-refractivity contribution in [1.29, 1.82) is 0 Å². The van der Waals surface area contributed by atoms with Gasteiger partial charge in [-0.2, -0.15) is 0 Å². The molecule has 3 aromatic rings. The molecule has 1 N–H and O–H groups in total. The van der Waals surface area contributed by atoms with E-state index >= 15 is 0 Å². The van der Waals surface area contributed by atoms with Crippen LogP contribution in [-0.2, 0) is 10.0 Å². The molecule has 2 aromatic heterocycles. The fourth-order valence-corrected chi connectivity index (χ4v) is 4.73. The second kappa shape index (κ2) is 7.56. The summed E-state index contributed by atoms with van der Waals surface area (Å²) in [4.78, 5) is 11.1. The minimum absolute atomic E-state index is 0.00793. The Morgan fingerprint density at radius 2 is 1.89 bits per heavy atom. The predicted octanol–water partition coefficient (Wildman–Crippen LogP) is 4.54. The number of aryl methyl sites for hydroxylation is 3. The van der Waals surface area contributed by atoms with Gasteiger partial charge in [-0.1, -0.05) is 11.2 Å². The maximum Gasteiger partial charge on any atom is 0.338 e. The molecule has 0 fully saturated rings. The van der Waals surface area contributed by atoms with Gasteiger partial charge in [0, 0.05) is 10.6 Å². The van der Waals surface area contributed by atoms with E-state index in [1.165, 1.54) is 19.1 Å². The molecule has 2 heterocycles. The molecule has 0 aliphatic carbocycles. The average Bonchev–Trinajstić information content (AvgIpc) is 3.23. The Labute approximate surface area is 165 Å². The van der Waals surface area contributed by atoms with E-state index in [1.807, 2.05) is 19.9 Å². The van der Waals surface area contributed by atoms with Gasteiger partial charge in [-0.05, 0) is 68.3 Å². The Bertz CT molecular complexity index is 1180. The number of hydrogen-bond donors (Lipinski definition) is 1. The number of hydrogen-bond acceptors (Lipinski definition) is 7. The van der Waals surface area contributed by atoms with Gasteiger partial charge in [0.25, 0.3) is 10.0 Å². The number of rotatable bonds is 6. The van der Waals surface area contributed by atoms with Crippen molar-refractivity contribution in [2.45, 2.75) is 25.0 Å². The normalized spacial score (nSPS) is 11.8. The zero-order valence-electron chi connectivity index (χ0n) is 15.3. The predicted molar refractivity (Wildman–Crippen MR) is 108 cm³/mol. The first kappa shape index (κ1) is 19.8. The highest BCUT2D eigenvalue weighted by molar-refractivity contribution is 7.94. The molecule has 0 bridgehead atoms. The van der Waals surface area contributed by atoms with Crippen LogP contribution in [0.2, 0.25) is 0 Å². The van der Waals surface area contributed by atoms with Gasteiger partial charge in [0.15, 0.2) is 5.69 Å². The lowest BCUT2D eigenvalue weighted by atomic mass is 10.1. The molecule has 0 spiro atoms. The van der Waals surface area contributed by atoms with Crippen LogP contribution in [0, 0.1) is 30.9 Å². The summed E-state index contributed by atoms with van der Waals surface area (Å²) in [6.45, 7) is 5.34. The lowest BCUT2D eigenvalue weighted by Crippen LogP contribution is -2.11. The minimum atomic E-state index is -3.73. The Morgan fingerprint density at radius 1 is 1.14 bits per heavy atom. The van der Waals surface area contributed by atoms with Crippen molar-refractivity contribution < 1.29 is 17.9 Å². The van der Waals surface area contributed by atoms with E-state index in [9.17, 15) is 18.5 Å². The number of thiophene rings is 1. The largest absolute Gasteiger partial charge is 0.349 e. The topological polar surface area (TPSA) is 115 Å². The number of benzene rings is 1. The minimum Gasteiger partial charge on any atom is -0.349 e. The summed E-state index contributed by atoms with van der Waals surface area (Å²) in [6.07, 6.45) is 2.95. The van der Waals surface area contributed by atoms with Crippen LogP contribution in [0.15, 0.2) is 39.1 Å². The van der Waals surface area contributed by atoms with Crippen LogP contribution in [-0.4, -0.2) is 18.5 Å². The first-order chi connectivity index (χ1) is 13.2. The number of anilines is 1. The van der Waals surface area contributed by atoms with E-state index in [0.717, 1.165) is 22.5 Å². The second-order valence-corrected chi connectivity index (χ2v) is 9.16. The average molecular weight is 419 g/mol. The molecule has 0 saturated carbocycles. The van der Waals surface area contributed by atoms with Crippen molar-refractivity contribution in [2.24, 2.45) is 0 Å². The molecular weight excluding hydrogens is 402 g/mol. The summed E-state index contributed by atoms with van der Waals surface area (Å²) in [5.41, 5.74) is 2.51. The summed E-state index contributed by atoms with van der Waals surface area (Å²) in [5, 5.41) is 14.6. The van der Waals surface area contributed by atoms with Gasteiger partial charge in [0.2, 0.25) is 5.76 Å². The third-order valence-corrected chi connectivity index (χ3v) is 6.99. The lowest BCUT2D eigenvalue weighted by Gasteiger charge is -2.08.